The summed E-state index contributed by atoms with van der Waals surface area (Å²) in [5, 5.41) is 12.6. The van der Waals surface area contributed by atoms with E-state index in [0.29, 0.717) is 24.5 Å². The van der Waals surface area contributed by atoms with Crippen molar-refractivity contribution < 1.29 is 4.79 Å². The molecule has 0 saturated carbocycles. The lowest BCUT2D eigenvalue weighted by Gasteiger charge is -2.22. The fraction of sp³-hybridized carbons (Fsp3) is 0.619. The lowest BCUT2D eigenvalue weighted by Crippen LogP contribution is -2.46. The van der Waals surface area contributed by atoms with Crippen molar-refractivity contribution in [1.29, 1.82) is 0 Å². The Kier molecular flexibility index (Phi) is 10.7. The number of anilines is 1. The molecule has 2 unspecified atom stereocenters. The van der Waals surface area contributed by atoms with Crippen LogP contribution in [0.4, 0.5) is 10.5 Å². The molecule has 1 aromatic rings. The molecule has 1 saturated heterocycles. The number of urea groups is 1. The van der Waals surface area contributed by atoms with Gasteiger partial charge in [-0.25, -0.2) is 4.79 Å². The molecule has 2 rings (SSSR count). The van der Waals surface area contributed by atoms with Gasteiger partial charge in [-0.3, -0.25) is 9.89 Å². The lowest BCUT2D eigenvalue weighted by molar-refractivity contribution is 0.250. The normalized spacial score (nSPS) is 19.8. The SMILES string of the molecule is CN=C(NCc1ccc(NC(=O)NC(C)C)cc1)NC1CN(C(C)C)CC1C.I. The number of nitrogens with one attached hydrogen (secondary N) is 4. The van der Waals surface area contributed by atoms with Crippen molar-refractivity contribution in [3.05, 3.63) is 29.8 Å². The molecule has 0 bridgehead atoms. The topological polar surface area (TPSA) is 80.8 Å². The van der Waals surface area contributed by atoms with Crippen molar-refractivity contribution in [2.24, 2.45) is 10.9 Å². The summed E-state index contributed by atoms with van der Waals surface area (Å²) in [5.41, 5.74) is 1.90. The summed E-state index contributed by atoms with van der Waals surface area (Å²) in [7, 11) is 1.80. The largest absolute Gasteiger partial charge is 0.352 e. The molecule has 0 radical (unpaired) electrons. The fourth-order valence-electron chi connectivity index (χ4n) is 3.31. The second kappa shape index (κ2) is 12.2. The van der Waals surface area contributed by atoms with Crippen LogP contribution in [0.1, 0.15) is 40.2 Å². The van der Waals surface area contributed by atoms with Gasteiger partial charge >= 0.3 is 6.03 Å². The number of carbonyl (C=O) groups excluding carboxylic acids is 1. The standard InChI is InChI=1S/C21H36N6O.HI/c1-14(2)24-21(28)25-18-9-7-17(8-10-18)11-23-20(22-6)26-19-13-27(15(3)4)12-16(19)5;/h7-10,14-16,19H,11-13H2,1-6H3,(H2,22,23,26)(H2,24,25,28);1H. The number of nitrogens with zero attached hydrogens (tertiary/aromatic N) is 2. The van der Waals surface area contributed by atoms with Gasteiger partial charge < -0.3 is 21.3 Å². The van der Waals surface area contributed by atoms with Crippen molar-refractivity contribution >= 4 is 41.7 Å². The Balaban J connectivity index is 0.00000420. The number of guanidine groups is 1. The molecule has 164 valence electrons. The molecule has 4 N–H and O–H groups in total. The quantitative estimate of drug-likeness (QED) is 0.266. The van der Waals surface area contributed by atoms with Gasteiger partial charge in [-0.15, -0.1) is 24.0 Å². The number of benzene rings is 1. The average Bonchev–Trinajstić information content (AvgIpc) is 3.00. The van der Waals surface area contributed by atoms with Gasteiger partial charge in [-0.1, -0.05) is 19.1 Å². The van der Waals surface area contributed by atoms with Gasteiger partial charge in [0.2, 0.25) is 0 Å². The van der Waals surface area contributed by atoms with E-state index in [2.05, 4.69) is 51.9 Å². The number of amides is 2. The molecule has 7 nitrogen and oxygen atoms in total. The predicted octanol–water partition coefficient (Wildman–Crippen LogP) is 3.23. The highest BCUT2D eigenvalue weighted by Gasteiger charge is 2.31. The van der Waals surface area contributed by atoms with Crippen molar-refractivity contribution in [3.8, 4) is 0 Å². The minimum atomic E-state index is -0.188. The zero-order valence-corrected chi connectivity index (χ0v) is 20.8. The molecule has 1 fully saturated rings. The Hall–Kier alpha value is -1.55. The van der Waals surface area contributed by atoms with E-state index in [1.165, 1.54) is 0 Å². The van der Waals surface area contributed by atoms with Gasteiger partial charge in [-0.05, 0) is 51.3 Å². The molecule has 1 heterocycles. The zero-order chi connectivity index (χ0) is 20.7. The molecule has 8 heteroatoms. The monoisotopic (exact) mass is 516 g/mol. The molecule has 0 aliphatic carbocycles. The fourth-order valence-corrected chi connectivity index (χ4v) is 3.31. The average molecular weight is 516 g/mol. The van der Waals surface area contributed by atoms with Crippen LogP contribution in [0.2, 0.25) is 0 Å². The maximum atomic E-state index is 11.8. The highest BCUT2D eigenvalue weighted by Crippen LogP contribution is 2.18. The molecule has 1 aliphatic rings. The summed E-state index contributed by atoms with van der Waals surface area (Å²) >= 11 is 0. The number of aliphatic imine (C=N–C) groups is 1. The first-order chi connectivity index (χ1) is 13.3. The number of likely N-dealkylation sites (tertiary alicyclic amines) is 1. The van der Waals surface area contributed by atoms with Crippen LogP contribution in [0.25, 0.3) is 0 Å². The minimum Gasteiger partial charge on any atom is -0.352 e. The van der Waals surface area contributed by atoms with E-state index < -0.39 is 0 Å². The van der Waals surface area contributed by atoms with Gasteiger partial charge in [0.05, 0.1) is 0 Å². The Bertz CT molecular complexity index is 662. The molecule has 1 aliphatic heterocycles. The molecule has 2 atom stereocenters. The maximum Gasteiger partial charge on any atom is 0.319 e. The highest BCUT2D eigenvalue weighted by atomic mass is 127. The summed E-state index contributed by atoms with van der Waals surface area (Å²) in [6, 6.07) is 8.72. The third-order valence-corrected chi connectivity index (χ3v) is 5.01. The smallest absolute Gasteiger partial charge is 0.319 e. The Morgan fingerprint density at radius 3 is 2.34 bits per heavy atom. The first-order valence-corrected chi connectivity index (χ1v) is 10.2. The van der Waals surface area contributed by atoms with Gasteiger partial charge in [0.15, 0.2) is 5.96 Å². The van der Waals surface area contributed by atoms with E-state index in [-0.39, 0.29) is 36.0 Å². The molecular formula is C21H37IN6O. The summed E-state index contributed by atoms with van der Waals surface area (Å²) in [4.78, 5) is 18.6. The molecule has 0 spiro atoms. The third kappa shape index (κ3) is 8.38. The van der Waals surface area contributed by atoms with Gasteiger partial charge in [0, 0.05) is 50.5 Å². The van der Waals surface area contributed by atoms with E-state index in [0.717, 1.165) is 30.3 Å². The number of hydrogen-bond acceptors (Lipinski definition) is 3. The van der Waals surface area contributed by atoms with Gasteiger partial charge in [-0.2, -0.15) is 0 Å². The minimum absolute atomic E-state index is 0. The van der Waals surface area contributed by atoms with Crippen molar-refractivity contribution in [3.63, 3.8) is 0 Å². The number of carbonyl (C=O) groups is 1. The van der Waals surface area contributed by atoms with E-state index in [1.54, 1.807) is 7.05 Å². The van der Waals surface area contributed by atoms with Crippen LogP contribution in [0.3, 0.4) is 0 Å². The first-order valence-electron chi connectivity index (χ1n) is 10.2. The number of hydrogen-bond donors (Lipinski definition) is 4. The molecule has 29 heavy (non-hydrogen) atoms. The molecular weight excluding hydrogens is 479 g/mol. The van der Waals surface area contributed by atoms with Gasteiger partial charge in [0.25, 0.3) is 0 Å². The summed E-state index contributed by atoms with van der Waals surface area (Å²) < 4.78 is 0. The second-order valence-corrected chi connectivity index (χ2v) is 8.15. The first kappa shape index (κ1) is 25.5. The van der Waals surface area contributed by atoms with Crippen LogP contribution in [0.5, 0.6) is 0 Å². The van der Waals surface area contributed by atoms with Crippen LogP contribution < -0.4 is 21.3 Å². The van der Waals surface area contributed by atoms with E-state index in [1.807, 2.05) is 38.1 Å². The number of halogens is 1. The summed E-state index contributed by atoms with van der Waals surface area (Å²) in [5.74, 6) is 1.41. The maximum absolute atomic E-state index is 11.8. The summed E-state index contributed by atoms with van der Waals surface area (Å²) in [6.45, 7) is 13.5. The van der Waals surface area contributed by atoms with E-state index in [4.69, 9.17) is 0 Å². The predicted molar refractivity (Wildman–Crippen MR) is 132 cm³/mol. The lowest BCUT2D eigenvalue weighted by atomic mass is 10.1. The van der Waals surface area contributed by atoms with Crippen LogP contribution in [-0.4, -0.2) is 55.2 Å². The Morgan fingerprint density at radius 1 is 1.17 bits per heavy atom. The third-order valence-electron chi connectivity index (χ3n) is 5.01. The molecule has 2 amide bonds. The van der Waals surface area contributed by atoms with Crippen LogP contribution in [0, 0.1) is 5.92 Å². The zero-order valence-electron chi connectivity index (χ0n) is 18.5. The van der Waals surface area contributed by atoms with Crippen molar-refractivity contribution in [1.82, 2.24) is 20.9 Å². The van der Waals surface area contributed by atoms with Gasteiger partial charge in [0.1, 0.15) is 0 Å². The van der Waals surface area contributed by atoms with Crippen molar-refractivity contribution in [2.75, 3.05) is 25.5 Å². The highest BCUT2D eigenvalue weighted by molar-refractivity contribution is 14.0. The van der Waals surface area contributed by atoms with Crippen LogP contribution in [-0.2, 0) is 6.54 Å². The second-order valence-electron chi connectivity index (χ2n) is 8.15. The summed E-state index contributed by atoms with van der Waals surface area (Å²) in [6.07, 6.45) is 0. The Labute approximate surface area is 192 Å². The van der Waals surface area contributed by atoms with Crippen LogP contribution >= 0.6 is 24.0 Å². The molecule has 0 aromatic heterocycles. The van der Waals surface area contributed by atoms with Crippen molar-refractivity contribution in [2.45, 2.75) is 59.3 Å². The number of rotatable bonds is 6. The Morgan fingerprint density at radius 2 is 1.83 bits per heavy atom. The van der Waals surface area contributed by atoms with Crippen LogP contribution in [0.15, 0.2) is 29.3 Å². The van der Waals surface area contributed by atoms with E-state index >= 15 is 0 Å². The van der Waals surface area contributed by atoms with E-state index in [9.17, 15) is 4.79 Å². The molecule has 1 aromatic carbocycles.